The molecular weight excluding hydrogens is 324 g/mol. The smallest absolute Gasteiger partial charge is 0.173 e. The van der Waals surface area contributed by atoms with E-state index in [0.717, 1.165) is 10.0 Å². The Bertz CT molecular complexity index is 644. The quantitative estimate of drug-likeness (QED) is 0.346. The highest BCUT2D eigenvalue weighted by atomic mass is 79.9. The number of phenols is 1. The van der Waals surface area contributed by atoms with Gasteiger partial charge in [-0.15, -0.1) is 0 Å². The Morgan fingerprint density at radius 2 is 2.05 bits per heavy atom. The second-order valence-corrected chi connectivity index (χ2v) is 5.00. The minimum atomic E-state index is -0.0304. The molecule has 6 heteroatoms. The standard InChI is InChI=1S/C14H13BrN2O3/c15-10-4-5-13(12(7-10)14(16)17-19)20-8-9-2-1-3-11(18)6-9/h1-7,18-19H,8H2,(H2,16,17). The van der Waals surface area contributed by atoms with E-state index in [1.165, 1.54) is 0 Å². The van der Waals surface area contributed by atoms with E-state index in [1.54, 1.807) is 36.4 Å². The zero-order valence-electron chi connectivity index (χ0n) is 10.5. The topological polar surface area (TPSA) is 88.1 Å². The largest absolute Gasteiger partial charge is 0.508 e. The molecule has 4 N–H and O–H groups in total. The second-order valence-electron chi connectivity index (χ2n) is 4.08. The van der Waals surface area contributed by atoms with Crippen molar-refractivity contribution in [2.24, 2.45) is 10.9 Å². The van der Waals surface area contributed by atoms with Crippen LogP contribution in [-0.4, -0.2) is 16.1 Å². The summed E-state index contributed by atoms with van der Waals surface area (Å²) in [6.45, 7) is 0.266. The van der Waals surface area contributed by atoms with Crippen molar-refractivity contribution >= 4 is 21.8 Å². The zero-order chi connectivity index (χ0) is 14.5. The van der Waals surface area contributed by atoms with Gasteiger partial charge in [0.15, 0.2) is 5.84 Å². The second kappa shape index (κ2) is 6.29. The number of nitrogens with two attached hydrogens (primary N) is 1. The summed E-state index contributed by atoms with van der Waals surface area (Å²) in [5.41, 5.74) is 6.92. The van der Waals surface area contributed by atoms with Gasteiger partial charge in [-0.3, -0.25) is 0 Å². The third-order valence-electron chi connectivity index (χ3n) is 2.63. The summed E-state index contributed by atoms with van der Waals surface area (Å²) in [5, 5.41) is 21.2. The molecule has 2 aromatic rings. The average Bonchev–Trinajstić information content (AvgIpc) is 2.45. The maximum Gasteiger partial charge on any atom is 0.173 e. The maximum absolute atomic E-state index is 9.39. The van der Waals surface area contributed by atoms with Gasteiger partial charge in [-0.2, -0.15) is 0 Å². The van der Waals surface area contributed by atoms with Crippen molar-refractivity contribution in [1.82, 2.24) is 0 Å². The van der Waals surface area contributed by atoms with Crippen LogP contribution in [0.25, 0.3) is 0 Å². The van der Waals surface area contributed by atoms with Crippen molar-refractivity contribution in [2.45, 2.75) is 6.61 Å². The Morgan fingerprint density at radius 3 is 2.75 bits per heavy atom. The molecule has 0 fully saturated rings. The molecule has 0 spiro atoms. The van der Waals surface area contributed by atoms with E-state index >= 15 is 0 Å². The summed E-state index contributed by atoms with van der Waals surface area (Å²) in [5.74, 6) is 0.641. The Kier molecular flexibility index (Phi) is 4.47. The summed E-state index contributed by atoms with van der Waals surface area (Å²) in [7, 11) is 0. The van der Waals surface area contributed by atoms with Crippen molar-refractivity contribution < 1.29 is 15.1 Å². The number of aromatic hydroxyl groups is 1. The molecule has 0 aliphatic heterocycles. The molecule has 2 rings (SSSR count). The maximum atomic E-state index is 9.39. The number of ether oxygens (including phenoxy) is 1. The van der Waals surface area contributed by atoms with E-state index in [0.29, 0.717) is 11.3 Å². The van der Waals surface area contributed by atoms with Gasteiger partial charge in [0.1, 0.15) is 18.1 Å². The summed E-state index contributed by atoms with van der Waals surface area (Å²) < 4.78 is 6.45. The van der Waals surface area contributed by atoms with Crippen LogP contribution >= 0.6 is 15.9 Å². The molecule has 0 saturated carbocycles. The first-order chi connectivity index (χ1) is 9.60. The molecule has 5 nitrogen and oxygen atoms in total. The fourth-order valence-corrected chi connectivity index (χ4v) is 2.05. The van der Waals surface area contributed by atoms with E-state index in [1.807, 2.05) is 6.07 Å². The molecule has 0 heterocycles. The van der Waals surface area contributed by atoms with Gasteiger partial charge in [-0.1, -0.05) is 33.2 Å². The number of benzene rings is 2. The van der Waals surface area contributed by atoms with E-state index in [-0.39, 0.29) is 18.2 Å². The predicted octanol–water partition coefficient (Wildman–Crippen LogP) is 2.83. The third kappa shape index (κ3) is 3.42. The number of amidine groups is 1. The van der Waals surface area contributed by atoms with Crippen LogP contribution in [0, 0.1) is 0 Å². The number of nitrogens with zero attached hydrogens (tertiary/aromatic N) is 1. The van der Waals surface area contributed by atoms with Gasteiger partial charge in [-0.05, 0) is 35.9 Å². The highest BCUT2D eigenvalue weighted by Crippen LogP contribution is 2.24. The molecule has 2 aromatic carbocycles. The third-order valence-corrected chi connectivity index (χ3v) is 3.12. The monoisotopic (exact) mass is 336 g/mol. The molecule has 0 aromatic heterocycles. The van der Waals surface area contributed by atoms with Gasteiger partial charge in [0.25, 0.3) is 0 Å². The zero-order valence-corrected chi connectivity index (χ0v) is 12.0. The number of phenolic OH excluding ortho intramolecular Hbond substituents is 1. The normalized spacial score (nSPS) is 11.3. The fraction of sp³-hybridized carbons (Fsp3) is 0.0714. The molecule has 0 radical (unpaired) electrons. The first kappa shape index (κ1) is 14.2. The number of hydrogen-bond donors (Lipinski definition) is 3. The van der Waals surface area contributed by atoms with Crippen LogP contribution in [0.4, 0.5) is 0 Å². The number of halogens is 1. The van der Waals surface area contributed by atoms with Gasteiger partial charge < -0.3 is 20.8 Å². The molecule has 0 atom stereocenters. The van der Waals surface area contributed by atoms with Crippen molar-refractivity contribution in [3.8, 4) is 11.5 Å². The first-order valence-corrected chi connectivity index (χ1v) is 6.57. The van der Waals surface area contributed by atoms with Crippen LogP contribution in [0.2, 0.25) is 0 Å². The summed E-state index contributed by atoms with van der Waals surface area (Å²) in [6.07, 6.45) is 0. The Labute approximate surface area is 124 Å². The lowest BCUT2D eigenvalue weighted by Gasteiger charge is -2.11. The molecule has 0 aliphatic rings. The van der Waals surface area contributed by atoms with Crippen LogP contribution in [0.3, 0.4) is 0 Å². The number of rotatable bonds is 4. The number of oxime groups is 1. The molecule has 104 valence electrons. The first-order valence-electron chi connectivity index (χ1n) is 5.78. The average molecular weight is 337 g/mol. The fourth-order valence-electron chi connectivity index (χ4n) is 1.69. The van der Waals surface area contributed by atoms with Crippen LogP contribution in [0.15, 0.2) is 52.1 Å². The van der Waals surface area contributed by atoms with Crippen molar-refractivity contribution in [1.29, 1.82) is 0 Å². The van der Waals surface area contributed by atoms with Gasteiger partial charge in [0, 0.05) is 4.47 Å². The molecular formula is C14H13BrN2O3. The number of hydrogen-bond acceptors (Lipinski definition) is 4. The lowest BCUT2D eigenvalue weighted by molar-refractivity contribution is 0.302. The molecule has 0 unspecified atom stereocenters. The molecule has 20 heavy (non-hydrogen) atoms. The van der Waals surface area contributed by atoms with Gasteiger partial charge in [0.05, 0.1) is 5.56 Å². The lowest BCUT2D eigenvalue weighted by Crippen LogP contribution is -2.15. The van der Waals surface area contributed by atoms with Crippen molar-refractivity contribution in [3.05, 3.63) is 58.1 Å². The lowest BCUT2D eigenvalue weighted by atomic mass is 10.2. The van der Waals surface area contributed by atoms with Crippen LogP contribution in [0.1, 0.15) is 11.1 Å². The Hall–Kier alpha value is -2.21. The van der Waals surface area contributed by atoms with Crippen LogP contribution in [0.5, 0.6) is 11.5 Å². The van der Waals surface area contributed by atoms with Crippen molar-refractivity contribution in [3.63, 3.8) is 0 Å². The van der Waals surface area contributed by atoms with Gasteiger partial charge in [0.2, 0.25) is 0 Å². The molecule has 0 saturated heterocycles. The van der Waals surface area contributed by atoms with Crippen LogP contribution in [-0.2, 0) is 6.61 Å². The Morgan fingerprint density at radius 1 is 1.25 bits per heavy atom. The van der Waals surface area contributed by atoms with E-state index in [9.17, 15) is 5.11 Å². The van der Waals surface area contributed by atoms with Gasteiger partial charge in [-0.25, -0.2) is 0 Å². The minimum absolute atomic E-state index is 0.0304. The highest BCUT2D eigenvalue weighted by Gasteiger charge is 2.09. The summed E-state index contributed by atoms with van der Waals surface area (Å²) in [4.78, 5) is 0. The molecule has 0 amide bonds. The van der Waals surface area contributed by atoms with E-state index < -0.39 is 0 Å². The van der Waals surface area contributed by atoms with Crippen molar-refractivity contribution in [2.75, 3.05) is 0 Å². The summed E-state index contributed by atoms with van der Waals surface area (Å²) in [6, 6.07) is 12.0. The highest BCUT2D eigenvalue weighted by molar-refractivity contribution is 9.10. The molecule has 0 bridgehead atoms. The van der Waals surface area contributed by atoms with E-state index in [4.69, 9.17) is 15.7 Å². The molecule has 0 aliphatic carbocycles. The Balaban J connectivity index is 2.21. The predicted molar refractivity (Wildman–Crippen MR) is 79.1 cm³/mol. The summed E-state index contributed by atoms with van der Waals surface area (Å²) >= 11 is 3.32. The minimum Gasteiger partial charge on any atom is -0.508 e. The van der Waals surface area contributed by atoms with Crippen LogP contribution < -0.4 is 10.5 Å². The van der Waals surface area contributed by atoms with Gasteiger partial charge >= 0.3 is 0 Å². The van der Waals surface area contributed by atoms with E-state index in [2.05, 4.69) is 21.1 Å². The SMILES string of the molecule is N/C(=N/O)c1cc(Br)ccc1OCc1cccc(O)c1.